The molecule has 1 saturated heterocycles. The zero-order chi connectivity index (χ0) is 17.1. The lowest BCUT2D eigenvalue weighted by Gasteiger charge is -2.40. The predicted octanol–water partition coefficient (Wildman–Crippen LogP) is 3.12. The second-order valence-corrected chi connectivity index (χ2v) is 6.90. The monoisotopic (exact) mass is 399 g/mol. The maximum absolute atomic E-state index is 5.48. The Balaban J connectivity index is 1.25. The molecule has 0 unspecified atom stereocenters. The number of anilines is 1. The van der Waals surface area contributed by atoms with Gasteiger partial charge in [0.1, 0.15) is 5.76 Å². The highest BCUT2D eigenvalue weighted by Crippen LogP contribution is 2.24. The minimum Gasteiger partial charge on any atom is -0.453 e. The van der Waals surface area contributed by atoms with Gasteiger partial charge in [-0.05, 0) is 52.3 Å². The maximum Gasteiger partial charge on any atom is 0.169 e. The summed E-state index contributed by atoms with van der Waals surface area (Å²) in [7, 11) is 0. The fraction of sp³-hybridized carbons (Fsp3) is 0.278. The molecule has 0 amide bonds. The highest BCUT2D eigenvalue weighted by atomic mass is 79.9. The van der Waals surface area contributed by atoms with Crippen LogP contribution in [0.15, 0.2) is 57.9 Å². The average molecular weight is 400 g/mol. The van der Waals surface area contributed by atoms with Crippen LogP contribution in [0.25, 0.3) is 11.3 Å². The van der Waals surface area contributed by atoms with Crippen molar-refractivity contribution >= 4 is 21.7 Å². The third-order valence-corrected chi connectivity index (χ3v) is 4.70. The summed E-state index contributed by atoms with van der Waals surface area (Å²) in [6.45, 7) is 3.72. The van der Waals surface area contributed by atoms with Crippen molar-refractivity contribution in [2.24, 2.45) is 5.92 Å². The van der Waals surface area contributed by atoms with E-state index < -0.39 is 0 Å². The molecule has 1 N–H and O–H groups in total. The standard InChI is InChI=1S/C18H18BrN5O/c19-17-3-1-15(25-17)10-21-9-13-11-24(12-13)18-4-2-16(22-23-18)14-5-7-20-8-6-14/h1-8,13,21H,9-12H2. The predicted molar refractivity (Wildman–Crippen MR) is 99.1 cm³/mol. The topological polar surface area (TPSA) is 67.1 Å². The number of halogens is 1. The molecule has 4 heterocycles. The van der Waals surface area contributed by atoms with Crippen molar-refractivity contribution in [1.29, 1.82) is 0 Å². The van der Waals surface area contributed by atoms with E-state index in [1.165, 1.54) is 0 Å². The van der Waals surface area contributed by atoms with E-state index >= 15 is 0 Å². The van der Waals surface area contributed by atoms with E-state index in [9.17, 15) is 0 Å². The number of nitrogens with one attached hydrogen (secondary N) is 1. The second-order valence-electron chi connectivity index (χ2n) is 6.12. The maximum atomic E-state index is 5.48. The minimum absolute atomic E-state index is 0.625. The molecule has 1 aliphatic heterocycles. The Morgan fingerprint density at radius 3 is 2.60 bits per heavy atom. The largest absolute Gasteiger partial charge is 0.453 e. The number of pyridine rings is 1. The summed E-state index contributed by atoms with van der Waals surface area (Å²) >= 11 is 3.31. The van der Waals surface area contributed by atoms with E-state index in [-0.39, 0.29) is 0 Å². The van der Waals surface area contributed by atoms with Crippen molar-refractivity contribution in [3.63, 3.8) is 0 Å². The summed E-state index contributed by atoms with van der Waals surface area (Å²) in [6.07, 6.45) is 3.53. The Kier molecular flexibility index (Phi) is 4.76. The quantitative estimate of drug-likeness (QED) is 0.686. The molecule has 3 aromatic rings. The van der Waals surface area contributed by atoms with E-state index in [1.54, 1.807) is 12.4 Å². The zero-order valence-corrected chi connectivity index (χ0v) is 15.2. The molecule has 0 radical (unpaired) electrons. The fourth-order valence-electron chi connectivity index (χ4n) is 2.90. The summed E-state index contributed by atoms with van der Waals surface area (Å²) in [5, 5.41) is 12.1. The molecule has 25 heavy (non-hydrogen) atoms. The van der Waals surface area contributed by atoms with Crippen molar-refractivity contribution in [1.82, 2.24) is 20.5 Å². The third kappa shape index (κ3) is 3.88. The molecular weight excluding hydrogens is 382 g/mol. The van der Waals surface area contributed by atoms with Crippen molar-refractivity contribution in [3.8, 4) is 11.3 Å². The summed E-state index contributed by atoms with van der Waals surface area (Å²) in [5.74, 6) is 2.50. The van der Waals surface area contributed by atoms with Crippen LogP contribution in [0, 0.1) is 5.92 Å². The lowest BCUT2D eigenvalue weighted by Crippen LogP contribution is -2.51. The Bertz CT molecular complexity index is 815. The smallest absolute Gasteiger partial charge is 0.169 e. The Hall–Kier alpha value is -2.25. The van der Waals surface area contributed by atoms with Crippen LogP contribution in [-0.2, 0) is 6.54 Å². The Labute approximate surface area is 154 Å². The summed E-state index contributed by atoms with van der Waals surface area (Å²) in [5.41, 5.74) is 1.90. The molecule has 0 aliphatic carbocycles. The minimum atomic E-state index is 0.625. The lowest BCUT2D eigenvalue weighted by molar-refractivity contribution is 0.370. The van der Waals surface area contributed by atoms with Crippen molar-refractivity contribution < 1.29 is 4.42 Å². The van der Waals surface area contributed by atoms with Crippen molar-refractivity contribution in [2.75, 3.05) is 24.5 Å². The van der Waals surface area contributed by atoms with Gasteiger partial charge in [0.2, 0.25) is 0 Å². The average Bonchev–Trinajstić information content (AvgIpc) is 3.03. The molecule has 6 nitrogen and oxygen atoms in total. The lowest BCUT2D eigenvalue weighted by atomic mass is 10.0. The molecule has 0 saturated carbocycles. The van der Waals surface area contributed by atoms with Crippen LogP contribution in [-0.4, -0.2) is 34.8 Å². The van der Waals surface area contributed by atoms with E-state index in [4.69, 9.17) is 4.42 Å². The van der Waals surface area contributed by atoms with Gasteiger partial charge < -0.3 is 14.6 Å². The highest BCUT2D eigenvalue weighted by Gasteiger charge is 2.27. The molecule has 7 heteroatoms. The molecule has 0 bridgehead atoms. The number of furan rings is 1. The van der Waals surface area contributed by atoms with Crippen LogP contribution in [0.1, 0.15) is 5.76 Å². The first-order valence-corrected chi connectivity index (χ1v) is 9.01. The summed E-state index contributed by atoms with van der Waals surface area (Å²) in [6, 6.07) is 11.8. The van der Waals surface area contributed by atoms with Gasteiger partial charge in [-0.3, -0.25) is 4.98 Å². The summed E-state index contributed by atoms with van der Waals surface area (Å²) in [4.78, 5) is 6.27. The van der Waals surface area contributed by atoms with Gasteiger partial charge in [-0.25, -0.2) is 0 Å². The number of hydrogen-bond donors (Lipinski definition) is 1. The molecule has 3 aromatic heterocycles. The number of nitrogens with zero attached hydrogens (tertiary/aromatic N) is 4. The van der Waals surface area contributed by atoms with Crippen LogP contribution in [0.3, 0.4) is 0 Å². The van der Waals surface area contributed by atoms with Crippen LogP contribution in [0.5, 0.6) is 0 Å². The highest BCUT2D eigenvalue weighted by molar-refractivity contribution is 9.10. The fourth-order valence-corrected chi connectivity index (χ4v) is 3.24. The molecule has 128 valence electrons. The molecule has 1 aliphatic rings. The molecular formula is C18H18BrN5O. The molecule has 0 aromatic carbocycles. The van der Waals surface area contributed by atoms with Crippen LogP contribution >= 0.6 is 15.9 Å². The first-order chi connectivity index (χ1) is 12.3. The summed E-state index contributed by atoms with van der Waals surface area (Å²) < 4.78 is 6.25. The van der Waals surface area contributed by atoms with E-state index in [0.717, 1.165) is 53.7 Å². The van der Waals surface area contributed by atoms with Gasteiger partial charge in [0.15, 0.2) is 10.5 Å². The van der Waals surface area contributed by atoms with Crippen LogP contribution in [0.2, 0.25) is 0 Å². The van der Waals surface area contributed by atoms with Gasteiger partial charge >= 0.3 is 0 Å². The Morgan fingerprint density at radius 1 is 1.08 bits per heavy atom. The van der Waals surface area contributed by atoms with Gasteiger partial charge in [-0.15, -0.1) is 10.2 Å². The van der Waals surface area contributed by atoms with Gasteiger partial charge in [0.25, 0.3) is 0 Å². The normalized spacial score (nSPS) is 14.5. The molecule has 0 atom stereocenters. The van der Waals surface area contributed by atoms with Crippen molar-refractivity contribution in [2.45, 2.75) is 6.54 Å². The second kappa shape index (κ2) is 7.33. The third-order valence-electron chi connectivity index (χ3n) is 4.27. The Morgan fingerprint density at radius 2 is 1.92 bits per heavy atom. The first kappa shape index (κ1) is 16.2. The van der Waals surface area contributed by atoms with Gasteiger partial charge in [-0.1, -0.05) is 0 Å². The van der Waals surface area contributed by atoms with E-state index in [0.29, 0.717) is 5.92 Å². The SMILES string of the molecule is Brc1ccc(CNCC2CN(c3ccc(-c4ccncc4)nn3)C2)o1. The molecule has 0 spiro atoms. The van der Waals surface area contributed by atoms with E-state index in [2.05, 4.69) is 41.3 Å². The van der Waals surface area contributed by atoms with Crippen LogP contribution in [0.4, 0.5) is 5.82 Å². The van der Waals surface area contributed by atoms with Crippen molar-refractivity contribution in [3.05, 3.63) is 59.2 Å². The molecule has 4 rings (SSSR count). The number of aromatic nitrogens is 3. The van der Waals surface area contributed by atoms with Gasteiger partial charge in [0.05, 0.1) is 12.2 Å². The number of hydrogen-bond acceptors (Lipinski definition) is 6. The van der Waals surface area contributed by atoms with Crippen LogP contribution < -0.4 is 10.2 Å². The van der Waals surface area contributed by atoms with Gasteiger partial charge in [0, 0.05) is 43.5 Å². The van der Waals surface area contributed by atoms with E-state index in [1.807, 2.05) is 36.4 Å². The number of rotatable bonds is 6. The molecule has 1 fully saturated rings. The first-order valence-electron chi connectivity index (χ1n) is 8.22. The zero-order valence-electron chi connectivity index (χ0n) is 13.6. The van der Waals surface area contributed by atoms with Gasteiger partial charge in [-0.2, -0.15) is 0 Å².